The predicted molar refractivity (Wildman–Crippen MR) is 106 cm³/mol. The molecule has 0 aliphatic carbocycles. The minimum atomic E-state index is -0.461. The van der Waals surface area contributed by atoms with E-state index in [1.165, 1.54) is 0 Å². The Kier molecular flexibility index (Phi) is 6.87. The second-order valence-electron chi connectivity index (χ2n) is 8.32. The number of piperidine rings is 1. The molecule has 1 atom stereocenters. The van der Waals surface area contributed by atoms with Crippen LogP contribution in [-0.2, 0) is 22.6 Å². The van der Waals surface area contributed by atoms with Crippen LogP contribution in [0.1, 0.15) is 44.7 Å². The van der Waals surface area contributed by atoms with Gasteiger partial charge in [-0.25, -0.2) is 4.39 Å². The third-order valence-corrected chi connectivity index (χ3v) is 5.19. The summed E-state index contributed by atoms with van der Waals surface area (Å²) in [6.45, 7) is 8.14. The van der Waals surface area contributed by atoms with E-state index in [4.69, 9.17) is 0 Å². The number of rotatable bonds is 2. The van der Waals surface area contributed by atoms with Gasteiger partial charge < -0.3 is 15.5 Å². The highest BCUT2D eigenvalue weighted by Gasteiger charge is 2.33. The van der Waals surface area contributed by atoms with Crippen LogP contribution in [0.3, 0.4) is 0 Å². The molecule has 2 amide bonds. The van der Waals surface area contributed by atoms with Gasteiger partial charge in [-0.1, -0.05) is 26.8 Å². The maximum absolute atomic E-state index is 14.7. The fourth-order valence-electron chi connectivity index (χ4n) is 3.71. The maximum Gasteiger partial charge on any atom is 0.229 e. The van der Waals surface area contributed by atoms with E-state index in [9.17, 15) is 14.0 Å². The van der Waals surface area contributed by atoms with Crippen LogP contribution >= 0.6 is 12.4 Å². The Bertz CT molecular complexity index is 718. The number of amides is 2. The third kappa shape index (κ3) is 4.79. The molecule has 0 saturated carbocycles. The zero-order chi connectivity index (χ0) is 18.9. The summed E-state index contributed by atoms with van der Waals surface area (Å²) in [5, 5.41) is 5.97. The van der Waals surface area contributed by atoms with Gasteiger partial charge in [0.05, 0.1) is 11.6 Å². The second-order valence-corrected chi connectivity index (χ2v) is 8.32. The second kappa shape index (κ2) is 8.57. The van der Waals surface area contributed by atoms with Crippen molar-refractivity contribution >= 4 is 29.9 Å². The first-order chi connectivity index (χ1) is 12.3. The van der Waals surface area contributed by atoms with Gasteiger partial charge in [0.2, 0.25) is 11.8 Å². The predicted octanol–water partition coefficient (Wildman–Crippen LogP) is 3.12. The van der Waals surface area contributed by atoms with Gasteiger partial charge in [0.1, 0.15) is 5.82 Å². The van der Waals surface area contributed by atoms with E-state index in [0.29, 0.717) is 31.6 Å². The monoisotopic (exact) mass is 397 g/mol. The molecule has 2 aliphatic rings. The molecule has 2 aliphatic heterocycles. The molecule has 1 saturated heterocycles. The van der Waals surface area contributed by atoms with Crippen molar-refractivity contribution in [1.82, 2.24) is 10.2 Å². The molecular formula is C20H29ClFN3O2. The zero-order valence-electron chi connectivity index (χ0n) is 16.2. The average Bonchev–Trinajstić information content (AvgIpc) is 2.63. The molecule has 1 fully saturated rings. The summed E-state index contributed by atoms with van der Waals surface area (Å²) in [5.41, 5.74) is 1.42. The number of anilines is 1. The zero-order valence-corrected chi connectivity index (χ0v) is 17.0. The number of benzene rings is 1. The van der Waals surface area contributed by atoms with Crippen LogP contribution in [0.2, 0.25) is 0 Å². The van der Waals surface area contributed by atoms with Crippen LogP contribution in [0.4, 0.5) is 10.1 Å². The van der Waals surface area contributed by atoms with Crippen molar-refractivity contribution in [2.45, 2.75) is 46.6 Å². The third-order valence-electron chi connectivity index (χ3n) is 5.19. The first-order valence-corrected chi connectivity index (χ1v) is 9.38. The lowest BCUT2D eigenvalue weighted by Gasteiger charge is -2.36. The van der Waals surface area contributed by atoms with Crippen molar-refractivity contribution < 1.29 is 14.0 Å². The summed E-state index contributed by atoms with van der Waals surface area (Å²) in [7, 11) is 0. The summed E-state index contributed by atoms with van der Waals surface area (Å²) >= 11 is 0. The standard InChI is InChI=1S/C20H28FN3O2.ClH/c1-20(2,3)19(26)24-10-4-5-14(12-24)18(25)23-16-7-6-13-11-22-9-8-15(13)17(16)21;/h6-7,14,22H,4-5,8-12H2,1-3H3,(H,23,25);1H. The molecule has 2 N–H and O–H groups in total. The highest BCUT2D eigenvalue weighted by Crippen LogP contribution is 2.27. The molecule has 1 aromatic carbocycles. The number of nitrogens with one attached hydrogen (secondary N) is 2. The van der Waals surface area contributed by atoms with E-state index in [-0.39, 0.29) is 41.6 Å². The van der Waals surface area contributed by atoms with Gasteiger partial charge in [-0.05, 0) is 43.0 Å². The van der Waals surface area contributed by atoms with Crippen LogP contribution in [-0.4, -0.2) is 36.3 Å². The van der Waals surface area contributed by atoms with E-state index >= 15 is 0 Å². The van der Waals surface area contributed by atoms with E-state index in [1.54, 1.807) is 11.0 Å². The van der Waals surface area contributed by atoms with Gasteiger partial charge in [-0.3, -0.25) is 9.59 Å². The molecular weight excluding hydrogens is 369 g/mol. The Morgan fingerprint density at radius 3 is 2.74 bits per heavy atom. The quantitative estimate of drug-likeness (QED) is 0.806. The number of hydrogen-bond acceptors (Lipinski definition) is 3. The Morgan fingerprint density at radius 1 is 1.30 bits per heavy atom. The van der Waals surface area contributed by atoms with Gasteiger partial charge in [-0.2, -0.15) is 0 Å². The average molecular weight is 398 g/mol. The number of carbonyl (C=O) groups excluding carboxylic acids is 2. The molecule has 5 nitrogen and oxygen atoms in total. The molecule has 0 spiro atoms. The van der Waals surface area contributed by atoms with Gasteiger partial charge in [0.25, 0.3) is 0 Å². The lowest BCUT2D eigenvalue weighted by molar-refractivity contribution is -0.142. The molecule has 0 radical (unpaired) electrons. The van der Waals surface area contributed by atoms with Crippen molar-refractivity contribution in [1.29, 1.82) is 0 Å². The smallest absolute Gasteiger partial charge is 0.229 e. The van der Waals surface area contributed by atoms with Crippen molar-refractivity contribution in [3.05, 3.63) is 29.1 Å². The first-order valence-electron chi connectivity index (χ1n) is 9.38. The normalized spacial score (nSPS) is 19.7. The molecule has 27 heavy (non-hydrogen) atoms. The Hall–Kier alpha value is -1.66. The molecule has 1 unspecified atom stereocenters. The first kappa shape index (κ1) is 21.6. The Balaban J connectivity index is 0.00000261. The van der Waals surface area contributed by atoms with Crippen molar-refractivity contribution in [3.63, 3.8) is 0 Å². The number of hydrogen-bond donors (Lipinski definition) is 2. The van der Waals surface area contributed by atoms with E-state index < -0.39 is 5.41 Å². The Morgan fingerprint density at radius 2 is 2.04 bits per heavy atom. The Labute approximate surface area is 166 Å². The molecule has 7 heteroatoms. The fraction of sp³-hybridized carbons (Fsp3) is 0.600. The summed E-state index contributed by atoms with van der Waals surface area (Å²) < 4.78 is 14.7. The topological polar surface area (TPSA) is 61.4 Å². The number of fused-ring (bicyclic) bond motifs is 1. The number of carbonyl (C=O) groups is 2. The molecule has 2 heterocycles. The van der Waals surface area contributed by atoms with Crippen molar-refractivity contribution in [3.8, 4) is 0 Å². The van der Waals surface area contributed by atoms with Crippen molar-refractivity contribution in [2.24, 2.45) is 11.3 Å². The number of halogens is 2. The van der Waals surface area contributed by atoms with E-state index in [2.05, 4.69) is 10.6 Å². The minimum absolute atomic E-state index is 0. The van der Waals surface area contributed by atoms with Gasteiger partial charge in [-0.15, -0.1) is 12.4 Å². The molecule has 3 rings (SSSR count). The molecule has 150 valence electrons. The van der Waals surface area contributed by atoms with Crippen LogP contribution in [0.25, 0.3) is 0 Å². The van der Waals surface area contributed by atoms with Gasteiger partial charge in [0, 0.05) is 25.0 Å². The van der Waals surface area contributed by atoms with Gasteiger partial charge in [0.15, 0.2) is 0 Å². The lowest BCUT2D eigenvalue weighted by atomic mass is 9.91. The molecule has 0 bridgehead atoms. The minimum Gasteiger partial charge on any atom is -0.341 e. The summed E-state index contributed by atoms with van der Waals surface area (Å²) in [6, 6.07) is 3.51. The lowest BCUT2D eigenvalue weighted by Crippen LogP contribution is -2.47. The largest absolute Gasteiger partial charge is 0.341 e. The number of likely N-dealkylation sites (tertiary alicyclic amines) is 1. The number of nitrogens with zero attached hydrogens (tertiary/aromatic N) is 1. The van der Waals surface area contributed by atoms with Crippen molar-refractivity contribution in [2.75, 3.05) is 25.0 Å². The highest BCUT2D eigenvalue weighted by atomic mass is 35.5. The highest BCUT2D eigenvalue weighted by molar-refractivity contribution is 5.93. The SMILES string of the molecule is CC(C)(C)C(=O)N1CCCC(C(=O)Nc2ccc3c(c2F)CCNC3)C1.Cl. The van der Waals surface area contributed by atoms with Crippen LogP contribution < -0.4 is 10.6 Å². The fourth-order valence-corrected chi connectivity index (χ4v) is 3.71. The summed E-state index contributed by atoms with van der Waals surface area (Å²) in [6.07, 6.45) is 2.14. The van der Waals surface area contributed by atoms with E-state index in [1.807, 2.05) is 26.8 Å². The maximum atomic E-state index is 14.7. The van der Waals surface area contributed by atoms with Crippen LogP contribution in [0, 0.1) is 17.2 Å². The summed E-state index contributed by atoms with van der Waals surface area (Å²) in [4.78, 5) is 26.9. The van der Waals surface area contributed by atoms with Crippen LogP contribution in [0.5, 0.6) is 0 Å². The van der Waals surface area contributed by atoms with E-state index in [0.717, 1.165) is 24.9 Å². The van der Waals surface area contributed by atoms with Gasteiger partial charge >= 0.3 is 0 Å². The molecule has 1 aromatic rings. The summed E-state index contributed by atoms with van der Waals surface area (Å²) in [5.74, 6) is -0.769. The molecule has 0 aromatic heterocycles. The van der Waals surface area contributed by atoms with Crippen LogP contribution in [0.15, 0.2) is 12.1 Å².